The Hall–Kier alpha value is -2.79. The third-order valence-electron chi connectivity index (χ3n) is 3.89. The molecule has 0 saturated carbocycles. The number of benzene rings is 2. The van der Waals surface area contributed by atoms with E-state index in [0.717, 1.165) is 16.7 Å². The molecule has 1 aromatic heterocycles. The Kier molecular flexibility index (Phi) is 4.53. The smallest absolute Gasteiger partial charge is 0.173 e. The first-order chi connectivity index (χ1) is 11.7. The van der Waals surface area contributed by atoms with Gasteiger partial charge >= 0.3 is 0 Å². The average Bonchev–Trinajstić information content (AvgIpc) is 3.04. The molecule has 0 unspecified atom stereocenters. The Labute approximate surface area is 140 Å². The largest absolute Gasteiger partial charge is 0.497 e. The predicted octanol–water partition coefficient (Wildman–Crippen LogP) is 3.83. The quantitative estimate of drug-likeness (QED) is 0.772. The number of nitrogens with zero attached hydrogens (tertiary/aromatic N) is 1. The Balaban J connectivity index is 2.14. The second-order valence-corrected chi connectivity index (χ2v) is 5.43. The normalized spacial score (nSPS) is 10.7. The molecular weight excluding hydrogens is 306 g/mol. The Morgan fingerprint density at radius 1 is 1.08 bits per heavy atom. The molecule has 0 aliphatic carbocycles. The van der Waals surface area contributed by atoms with Crippen LogP contribution in [0.15, 0.2) is 47.0 Å². The van der Waals surface area contributed by atoms with Crippen LogP contribution in [-0.4, -0.2) is 24.5 Å². The zero-order chi connectivity index (χ0) is 17.1. The summed E-state index contributed by atoms with van der Waals surface area (Å²) >= 11 is 0. The van der Waals surface area contributed by atoms with Gasteiger partial charge < -0.3 is 19.1 Å². The van der Waals surface area contributed by atoms with Crippen molar-refractivity contribution >= 4 is 0 Å². The number of aryl methyl sites for hydroxylation is 1. The number of methoxy groups -OCH3 is 2. The molecule has 0 fully saturated rings. The Bertz CT molecular complexity index is 854. The highest BCUT2D eigenvalue weighted by atomic mass is 16.5. The zero-order valence-electron chi connectivity index (χ0n) is 13.9. The van der Waals surface area contributed by atoms with Crippen molar-refractivity contribution in [1.29, 1.82) is 0 Å². The van der Waals surface area contributed by atoms with Crippen LogP contribution in [-0.2, 0) is 6.61 Å². The molecule has 124 valence electrons. The minimum absolute atomic E-state index is 0.183. The van der Waals surface area contributed by atoms with Crippen LogP contribution in [0.5, 0.6) is 11.5 Å². The van der Waals surface area contributed by atoms with Gasteiger partial charge in [0.1, 0.15) is 17.2 Å². The summed E-state index contributed by atoms with van der Waals surface area (Å²) in [5, 5.41) is 14.1. The SMILES string of the molecule is COc1ccc(-c2noc(-c3cccc(C)c3)c2CO)c(OC)c1. The molecule has 24 heavy (non-hydrogen) atoms. The molecule has 3 aromatic rings. The summed E-state index contributed by atoms with van der Waals surface area (Å²) in [6.45, 7) is 1.82. The highest BCUT2D eigenvalue weighted by Gasteiger charge is 2.21. The second kappa shape index (κ2) is 6.76. The molecule has 0 aliphatic heterocycles. The number of hydrogen-bond donors (Lipinski definition) is 1. The molecule has 1 N–H and O–H groups in total. The number of rotatable bonds is 5. The van der Waals surface area contributed by atoms with Crippen molar-refractivity contribution < 1.29 is 19.1 Å². The molecule has 0 spiro atoms. The van der Waals surface area contributed by atoms with E-state index in [1.807, 2.05) is 43.3 Å². The van der Waals surface area contributed by atoms with Gasteiger partial charge in [-0.15, -0.1) is 0 Å². The summed E-state index contributed by atoms with van der Waals surface area (Å²) in [4.78, 5) is 0. The van der Waals surface area contributed by atoms with Crippen molar-refractivity contribution in [2.24, 2.45) is 0 Å². The van der Waals surface area contributed by atoms with Crippen molar-refractivity contribution in [3.05, 3.63) is 53.6 Å². The lowest BCUT2D eigenvalue weighted by atomic mass is 10.0. The van der Waals surface area contributed by atoms with Gasteiger partial charge in [-0.2, -0.15) is 0 Å². The van der Waals surface area contributed by atoms with Crippen LogP contribution in [0, 0.1) is 6.92 Å². The predicted molar refractivity (Wildman–Crippen MR) is 91.1 cm³/mol. The summed E-state index contributed by atoms with van der Waals surface area (Å²) in [6, 6.07) is 13.3. The first kappa shape index (κ1) is 16.1. The molecule has 0 radical (unpaired) electrons. The zero-order valence-corrected chi connectivity index (χ0v) is 13.9. The van der Waals surface area contributed by atoms with E-state index in [9.17, 15) is 5.11 Å². The number of ether oxygens (including phenoxy) is 2. The van der Waals surface area contributed by atoms with Crippen LogP contribution in [0.2, 0.25) is 0 Å². The van der Waals surface area contributed by atoms with Crippen molar-refractivity contribution in [2.75, 3.05) is 14.2 Å². The van der Waals surface area contributed by atoms with E-state index in [2.05, 4.69) is 5.16 Å². The fourth-order valence-corrected chi connectivity index (χ4v) is 2.67. The molecule has 1 heterocycles. The lowest BCUT2D eigenvalue weighted by Crippen LogP contribution is -1.94. The van der Waals surface area contributed by atoms with Gasteiger partial charge in [0, 0.05) is 17.2 Å². The van der Waals surface area contributed by atoms with Gasteiger partial charge in [-0.05, 0) is 25.1 Å². The highest BCUT2D eigenvalue weighted by Crippen LogP contribution is 2.38. The van der Waals surface area contributed by atoms with E-state index in [0.29, 0.717) is 28.5 Å². The molecule has 0 aliphatic rings. The van der Waals surface area contributed by atoms with Gasteiger partial charge in [-0.25, -0.2) is 0 Å². The highest BCUT2D eigenvalue weighted by molar-refractivity contribution is 5.76. The van der Waals surface area contributed by atoms with Crippen LogP contribution in [0.4, 0.5) is 0 Å². The van der Waals surface area contributed by atoms with Crippen LogP contribution >= 0.6 is 0 Å². The van der Waals surface area contributed by atoms with Crippen molar-refractivity contribution in [2.45, 2.75) is 13.5 Å². The van der Waals surface area contributed by atoms with E-state index in [-0.39, 0.29) is 6.61 Å². The molecule has 3 rings (SSSR count). The first-order valence-electron chi connectivity index (χ1n) is 7.56. The summed E-state index contributed by atoms with van der Waals surface area (Å²) in [5.41, 5.74) is 3.92. The monoisotopic (exact) mass is 325 g/mol. The van der Waals surface area contributed by atoms with Gasteiger partial charge in [0.25, 0.3) is 0 Å². The summed E-state index contributed by atoms with van der Waals surface area (Å²) < 4.78 is 16.2. The fraction of sp³-hybridized carbons (Fsp3) is 0.211. The third-order valence-corrected chi connectivity index (χ3v) is 3.89. The molecular formula is C19H19NO4. The molecule has 0 atom stereocenters. The summed E-state index contributed by atoms with van der Waals surface area (Å²) in [7, 11) is 3.18. The van der Waals surface area contributed by atoms with E-state index in [1.54, 1.807) is 20.3 Å². The van der Waals surface area contributed by atoms with Crippen molar-refractivity contribution in [3.63, 3.8) is 0 Å². The Morgan fingerprint density at radius 3 is 2.58 bits per heavy atom. The van der Waals surface area contributed by atoms with Crippen LogP contribution in [0.3, 0.4) is 0 Å². The number of aliphatic hydroxyl groups is 1. The number of aliphatic hydroxyl groups excluding tert-OH is 1. The molecule has 0 amide bonds. The summed E-state index contributed by atoms with van der Waals surface area (Å²) in [5.74, 6) is 1.85. The third kappa shape index (κ3) is 2.86. The summed E-state index contributed by atoms with van der Waals surface area (Å²) in [6.07, 6.45) is 0. The maximum Gasteiger partial charge on any atom is 0.173 e. The molecule has 2 aromatic carbocycles. The second-order valence-electron chi connectivity index (χ2n) is 5.43. The lowest BCUT2D eigenvalue weighted by molar-refractivity contribution is 0.281. The number of aromatic nitrogens is 1. The maximum atomic E-state index is 9.88. The van der Waals surface area contributed by atoms with Crippen LogP contribution in [0.1, 0.15) is 11.1 Å². The first-order valence-corrected chi connectivity index (χ1v) is 7.56. The van der Waals surface area contributed by atoms with Crippen molar-refractivity contribution in [1.82, 2.24) is 5.16 Å². The molecule has 5 nitrogen and oxygen atoms in total. The van der Waals surface area contributed by atoms with Gasteiger partial charge in [0.05, 0.1) is 26.4 Å². The van der Waals surface area contributed by atoms with E-state index in [4.69, 9.17) is 14.0 Å². The van der Waals surface area contributed by atoms with E-state index >= 15 is 0 Å². The average molecular weight is 325 g/mol. The Morgan fingerprint density at radius 2 is 1.92 bits per heavy atom. The maximum absolute atomic E-state index is 9.88. The van der Waals surface area contributed by atoms with Gasteiger partial charge in [0.2, 0.25) is 0 Å². The molecule has 0 bridgehead atoms. The topological polar surface area (TPSA) is 64.7 Å². The minimum Gasteiger partial charge on any atom is -0.497 e. The van der Waals surface area contributed by atoms with Gasteiger partial charge in [-0.1, -0.05) is 28.9 Å². The van der Waals surface area contributed by atoms with E-state index < -0.39 is 0 Å². The molecule has 5 heteroatoms. The van der Waals surface area contributed by atoms with Gasteiger partial charge in [0.15, 0.2) is 5.76 Å². The number of hydrogen-bond acceptors (Lipinski definition) is 5. The molecule has 0 saturated heterocycles. The van der Waals surface area contributed by atoms with Crippen molar-refractivity contribution in [3.8, 4) is 34.1 Å². The van der Waals surface area contributed by atoms with Crippen LogP contribution < -0.4 is 9.47 Å². The fourth-order valence-electron chi connectivity index (χ4n) is 2.67. The standard InChI is InChI=1S/C19H19NO4/c1-12-5-4-6-13(9-12)19-16(11-21)18(20-24-19)15-8-7-14(22-2)10-17(15)23-3/h4-10,21H,11H2,1-3H3. The minimum atomic E-state index is -0.183. The van der Waals surface area contributed by atoms with Crippen LogP contribution in [0.25, 0.3) is 22.6 Å². The van der Waals surface area contributed by atoms with Gasteiger partial charge in [-0.3, -0.25) is 0 Å². The lowest BCUT2D eigenvalue weighted by Gasteiger charge is -2.09. The van der Waals surface area contributed by atoms with E-state index in [1.165, 1.54) is 0 Å².